The topological polar surface area (TPSA) is 123 Å². The minimum atomic E-state index is -0.320. The van der Waals surface area contributed by atoms with Gasteiger partial charge >= 0.3 is 0 Å². The van der Waals surface area contributed by atoms with Crippen LogP contribution >= 0.6 is 0 Å². The van der Waals surface area contributed by atoms with Gasteiger partial charge in [-0.3, -0.25) is 9.59 Å². The number of aryl methyl sites for hydroxylation is 1. The highest BCUT2D eigenvalue weighted by Gasteiger charge is 2.31. The minimum absolute atomic E-state index is 0.0456. The van der Waals surface area contributed by atoms with Crippen LogP contribution in [0.1, 0.15) is 47.9 Å². The summed E-state index contributed by atoms with van der Waals surface area (Å²) in [4.78, 5) is 39.6. The quantitative estimate of drug-likeness (QED) is 0.539. The molecule has 0 bridgehead atoms. The number of aromatic hydroxyl groups is 1. The molecule has 3 aromatic rings. The number of fused-ring (bicyclic) bond motifs is 2. The predicted molar refractivity (Wildman–Crippen MR) is 140 cm³/mol. The number of aromatic nitrogens is 3. The van der Waals surface area contributed by atoms with Crippen molar-refractivity contribution in [1.82, 2.24) is 19.4 Å². The molecule has 38 heavy (non-hydrogen) atoms. The highest BCUT2D eigenvalue weighted by Crippen LogP contribution is 2.35. The summed E-state index contributed by atoms with van der Waals surface area (Å²) in [6.45, 7) is 8.02. The third-order valence-corrected chi connectivity index (χ3v) is 7.59. The molecule has 0 aromatic carbocycles. The summed E-state index contributed by atoms with van der Waals surface area (Å²) < 4.78 is 19.0. The van der Waals surface area contributed by atoms with Crippen LogP contribution in [-0.4, -0.2) is 76.4 Å². The van der Waals surface area contributed by atoms with Crippen molar-refractivity contribution in [3.63, 3.8) is 0 Å². The largest absolute Gasteiger partial charge is 0.505 e. The number of amides is 1. The summed E-state index contributed by atoms with van der Waals surface area (Å²) in [5, 5.41) is 10.6. The van der Waals surface area contributed by atoms with Crippen LogP contribution in [0.15, 0.2) is 21.5 Å². The second kappa shape index (κ2) is 9.79. The maximum absolute atomic E-state index is 13.8. The van der Waals surface area contributed by atoms with Gasteiger partial charge in [-0.15, -0.1) is 0 Å². The Morgan fingerprint density at radius 1 is 1.13 bits per heavy atom. The summed E-state index contributed by atoms with van der Waals surface area (Å²) in [6.07, 6.45) is 5.35. The first kappa shape index (κ1) is 24.5. The minimum Gasteiger partial charge on any atom is -0.505 e. The Bertz CT molecular complexity index is 1500. The Balaban J connectivity index is 1.29. The third kappa shape index (κ3) is 3.92. The molecule has 3 aliphatic heterocycles. The van der Waals surface area contributed by atoms with E-state index < -0.39 is 0 Å². The van der Waals surface area contributed by atoms with E-state index in [1.807, 2.05) is 29.4 Å². The standard InChI is InChI=1S/C27H31N5O6/c1-3-18-22(24(34)21-27(32(18)4-2)38-25(29-21)16-5-12-36-13-6-16)30-8-10-31(11-9-30)26(35)20-23(33)17-7-14-37-19(17)15-28-20/h5,15,33H,3-4,6-14H2,1-2H3. The molecule has 1 fully saturated rings. The van der Waals surface area contributed by atoms with Gasteiger partial charge in [0.05, 0.1) is 26.0 Å². The summed E-state index contributed by atoms with van der Waals surface area (Å²) in [5.41, 5.74) is 3.82. The Labute approximate surface area is 219 Å². The van der Waals surface area contributed by atoms with E-state index in [0.29, 0.717) is 106 Å². The fraction of sp³-hybridized carbons (Fsp3) is 0.481. The lowest BCUT2D eigenvalue weighted by atomic mass is 10.1. The SMILES string of the molecule is CCc1c(N2CCN(C(=O)c3ncc4c(c3O)CCO4)CC2)c(=O)c2nc(C3=CCOCC3)oc2n1CC. The maximum atomic E-state index is 13.8. The molecule has 0 atom stereocenters. The molecule has 6 heterocycles. The number of carbonyl (C=O) groups excluding carboxylic acids is 1. The Kier molecular flexibility index (Phi) is 6.30. The van der Waals surface area contributed by atoms with Crippen LogP contribution in [0.5, 0.6) is 11.5 Å². The van der Waals surface area contributed by atoms with Gasteiger partial charge in [0.25, 0.3) is 5.91 Å². The lowest BCUT2D eigenvalue weighted by molar-refractivity contribution is 0.0737. The van der Waals surface area contributed by atoms with Crippen molar-refractivity contribution in [3.05, 3.63) is 45.3 Å². The van der Waals surface area contributed by atoms with Crippen LogP contribution < -0.4 is 15.1 Å². The van der Waals surface area contributed by atoms with Gasteiger partial charge < -0.3 is 33.4 Å². The molecule has 0 unspecified atom stereocenters. The smallest absolute Gasteiger partial charge is 0.276 e. The first-order valence-corrected chi connectivity index (χ1v) is 13.2. The zero-order valence-corrected chi connectivity index (χ0v) is 21.7. The van der Waals surface area contributed by atoms with Crippen LogP contribution in [0.25, 0.3) is 16.8 Å². The van der Waals surface area contributed by atoms with E-state index in [9.17, 15) is 14.7 Å². The molecule has 1 amide bonds. The first-order valence-electron chi connectivity index (χ1n) is 13.2. The van der Waals surface area contributed by atoms with Crippen LogP contribution in [0.2, 0.25) is 0 Å². The summed E-state index contributed by atoms with van der Waals surface area (Å²) in [5.74, 6) is 0.588. The number of hydrogen-bond acceptors (Lipinski definition) is 9. The Morgan fingerprint density at radius 2 is 1.95 bits per heavy atom. The van der Waals surface area contributed by atoms with E-state index in [2.05, 4.69) is 9.97 Å². The van der Waals surface area contributed by atoms with Crippen molar-refractivity contribution >= 4 is 28.4 Å². The lowest BCUT2D eigenvalue weighted by Crippen LogP contribution is -2.50. The highest BCUT2D eigenvalue weighted by atomic mass is 16.5. The van der Waals surface area contributed by atoms with Crippen molar-refractivity contribution in [2.75, 3.05) is 50.9 Å². The average molecular weight is 522 g/mol. The van der Waals surface area contributed by atoms with E-state index in [0.717, 1.165) is 11.3 Å². The number of hydrogen-bond donors (Lipinski definition) is 1. The number of ether oxygens (including phenoxy) is 2. The number of nitrogens with zero attached hydrogens (tertiary/aromatic N) is 5. The van der Waals surface area contributed by atoms with E-state index in [-0.39, 0.29) is 22.8 Å². The van der Waals surface area contributed by atoms with Crippen LogP contribution in [0, 0.1) is 0 Å². The van der Waals surface area contributed by atoms with Crippen molar-refractivity contribution in [2.24, 2.45) is 0 Å². The summed E-state index contributed by atoms with van der Waals surface area (Å²) >= 11 is 0. The fourth-order valence-electron chi connectivity index (χ4n) is 5.60. The van der Waals surface area contributed by atoms with E-state index >= 15 is 0 Å². The number of rotatable bonds is 5. The van der Waals surface area contributed by atoms with Crippen LogP contribution in [0.4, 0.5) is 5.69 Å². The zero-order chi connectivity index (χ0) is 26.4. The second-order valence-corrected chi connectivity index (χ2v) is 9.63. The van der Waals surface area contributed by atoms with Crippen LogP contribution in [-0.2, 0) is 24.1 Å². The molecule has 11 nitrogen and oxygen atoms in total. The Morgan fingerprint density at radius 3 is 2.66 bits per heavy atom. The third-order valence-electron chi connectivity index (χ3n) is 7.59. The van der Waals surface area contributed by atoms with Gasteiger partial charge in [-0.1, -0.05) is 13.0 Å². The molecule has 0 saturated carbocycles. The molecular weight excluding hydrogens is 490 g/mol. The van der Waals surface area contributed by atoms with Crippen molar-refractivity contribution in [3.8, 4) is 11.5 Å². The normalized spacial score (nSPS) is 17.5. The Hall–Kier alpha value is -3.86. The summed E-state index contributed by atoms with van der Waals surface area (Å²) in [6, 6.07) is 0. The molecule has 1 saturated heterocycles. The van der Waals surface area contributed by atoms with Gasteiger partial charge in [-0.2, -0.15) is 0 Å². The maximum Gasteiger partial charge on any atom is 0.276 e. The fourth-order valence-corrected chi connectivity index (χ4v) is 5.60. The van der Waals surface area contributed by atoms with Gasteiger partial charge in [-0.05, 0) is 13.3 Å². The van der Waals surface area contributed by atoms with Crippen molar-refractivity contribution in [2.45, 2.75) is 39.7 Å². The molecular formula is C27H31N5O6. The van der Waals surface area contributed by atoms with Gasteiger partial charge in [-0.25, -0.2) is 9.97 Å². The average Bonchev–Trinajstić information content (AvgIpc) is 3.62. The van der Waals surface area contributed by atoms with Crippen molar-refractivity contribution < 1.29 is 23.8 Å². The monoisotopic (exact) mass is 521 g/mol. The number of oxazole rings is 1. The van der Waals surface area contributed by atoms with E-state index in [1.165, 1.54) is 6.20 Å². The number of pyridine rings is 2. The van der Waals surface area contributed by atoms with Crippen molar-refractivity contribution in [1.29, 1.82) is 0 Å². The molecule has 1 N–H and O–H groups in total. The van der Waals surface area contributed by atoms with Crippen LogP contribution in [0.3, 0.4) is 0 Å². The molecule has 11 heteroatoms. The van der Waals surface area contributed by atoms with E-state index in [1.54, 1.807) is 4.90 Å². The van der Waals surface area contributed by atoms with Gasteiger partial charge in [0.2, 0.25) is 17.0 Å². The molecule has 6 rings (SSSR count). The number of anilines is 1. The number of carbonyl (C=O) groups is 1. The predicted octanol–water partition coefficient (Wildman–Crippen LogP) is 2.37. The molecule has 0 radical (unpaired) electrons. The van der Waals surface area contributed by atoms with Gasteiger partial charge in [0, 0.05) is 62.4 Å². The second-order valence-electron chi connectivity index (χ2n) is 9.63. The number of piperazine rings is 1. The molecule has 200 valence electrons. The molecule has 3 aromatic heterocycles. The molecule has 0 spiro atoms. The van der Waals surface area contributed by atoms with Gasteiger partial charge in [0.15, 0.2) is 17.0 Å². The highest BCUT2D eigenvalue weighted by molar-refractivity contribution is 5.95. The first-order chi connectivity index (χ1) is 18.5. The zero-order valence-electron chi connectivity index (χ0n) is 21.7. The molecule has 0 aliphatic carbocycles. The molecule has 3 aliphatic rings. The van der Waals surface area contributed by atoms with Gasteiger partial charge in [0.1, 0.15) is 11.4 Å². The van der Waals surface area contributed by atoms with E-state index in [4.69, 9.17) is 13.9 Å². The lowest BCUT2D eigenvalue weighted by Gasteiger charge is -2.36. The summed E-state index contributed by atoms with van der Waals surface area (Å²) in [7, 11) is 0.